The Hall–Kier alpha value is -0.990. The SMILES string of the molecule is CC(C)(CN)Cc1c[nH]c2cc(Cl)ccc12. The van der Waals surface area contributed by atoms with Crippen LogP contribution in [-0.2, 0) is 6.42 Å². The van der Waals surface area contributed by atoms with E-state index in [0.717, 1.165) is 17.0 Å². The number of rotatable bonds is 3. The van der Waals surface area contributed by atoms with Crippen LogP contribution in [0.3, 0.4) is 0 Å². The Labute approximate surface area is 101 Å². The van der Waals surface area contributed by atoms with Crippen molar-refractivity contribution < 1.29 is 0 Å². The van der Waals surface area contributed by atoms with Crippen LogP contribution >= 0.6 is 11.6 Å². The summed E-state index contributed by atoms with van der Waals surface area (Å²) in [5, 5.41) is 2.00. The summed E-state index contributed by atoms with van der Waals surface area (Å²) < 4.78 is 0. The Balaban J connectivity index is 2.39. The smallest absolute Gasteiger partial charge is 0.0471 e. The predicted molar refractivity (Wildman–Crippen MR) is 69.8 cm³/mol. The summed E-state index contributed by atoms with van der Waals surface area (Å²) in [5.41, 5.74) is 8.29. The molecular formula is C13H17ClN2. The Morgan fingerprint density at radius 1 is 1.38 bits per heavy atom. The molecule has 0 aliphatic carbocycles. The Morgan fingerprint density at radius 3 is 2.81 bits per heavy atom. The molecule has 0 bridgehead atoms. The van der Waals surface area contributed by atoms with E-state index in [2.05, 4.69) is 31.1 Å². The lowest BCUT2D eigenvalue weighted by molar-refractivity contribution is 0.378. The zero-order valence-corrected chi connectivity index (χ0v) is 10.4. The van der Waals surface area contributed by atoms with E-state index in [-0.39, 0.29) is 5.41 Å². The molecule has 0 fully saturated rings. The van der Waals surface area contributed by atoms with Crippen LogP contribution in [0.5, 0.6) is 0 Å². The van der Waals surface area contributed by atoms with Crippen molar-refractivity contribution in [2.75, 3.05) is 6.54 Å². The first kappa shape index (κ1) is 11.5. The molecule has 86 valence electrons. The topological polar surface area (TPSA) is 41.8 Å². The van der Waals surface area contributed by atoms with Crippen molar-refractivity contribution in [2.24, 2.45) is 11.1 Å². The summed E-state index contributed by atoms with van der Waals surface area (Å²) in [7, 11) is 0. The third kappa shape index (κ3) is 2.23. The molecule has 0 amide bonds. The lowest BCUT2D eigenvalue weighted by Crippen LogP contribution is -2.25. The minimum absolute atomic E-state index is 0.134. The third-order valence-electron chi connectivity index (χ3n) is 2.95. The van der Waals surface area contributed by atoms with Crippen LogP contribution in [0.4, 0.5) is 0 Å². The largest absolute Gasteiger partial charge is 0.361 e. The monoisotopic (exact) mass is 236 g/mol. The van der Waals surface area contributed by atoms with Gasteiger partial charge in [-0.1, -0.05) is 31.5 Å². The maximum Gasteiger partial charge on any atom is 0.0471 e. The average Bonchev–Trinajstić information content (AvgIpc) is 2.60. The quantitative estimate of drug-likeness (QED) is 0.843. The highest BCUT2D eigenvalue weighted by Gasteiger charge is 2.18. The van der Waals surface area contributed by atoms with Gasteiger partial charge in [0.15, 0.2) is 0 Å². The van der Waals surface area contributed by atoms with Gasteiger partial charge < -0.3 is 10.7 Å². The first-order valence-electron chi connectivity index (χ1n) is 5.47. The summed E-state index contributed by atoms with van der Waals surface area (Å²) in [4.78, 5) is 3.25. The molecule has 16 heavy (non-hydrogen) atoms. The van der Waals surface area contributed by atoms with Gasteiger partial charge in [-0.05, 0) is 36.1 Å². The molecule has 0 aliphatic heterocycles. The van der Waals surface area contributed by atoms with E-state index < -0.39 is 0 Å². The zero-order valence-electron chi connectivity index (χ0n) is 9.68. The maximum absolute atomic E-state index is 5.95. The second kappa shape index (κ2) is 4.11. The highest BCUT2D eigenvalue weighted by atomic mass is 35.5. The van der Waals surface area contributed by atoms with Crippen LogP contribution in [0.25, 0.3) is 10.9 Å². The molecule has 1 aromatic heterocycles. The first-order valence-corrected chi connectivity index (χ1v) is 5.85. The second-order valence-electron chi connectivity index (χ2n) is 5.05. The number of hydrogen-bond donors (Lipinski definition) is 2. The van der Waals surface area contributed by atoms with Crippen molar-refractivity contribution in [3.63, 3.8) is 0 Å². The van der Waals surface area contributed by atoms with Crippen molar-refractivity contribution in [3.05, 3.63) is 35.0 Å². The van der Waals surface area contributed by atoms with Crippen LogP contribution in [0.15, 0.2) is 24.4 Å². The van der Waals surface area contributed by atoms with Crippen LogP contribution in [0.2, 0.25) is 5.02 Å². The van der Waals surface area contributed by atoms with E-state index in [0.29, 0.717) is 6.54 Å². The van der Waals surface area contributed by atoms with E-state index in [1.54, 1.807) is 0 Å². The van der Waals surface area contributed by atoms with Gasteiger partial charge in [0.2, 0.25) is 0 Å². The minimum Gasteiger partial charge on any atom is -0.361 e. The number of hydrogen-bond acceptors (Lipinski definition) is 1. The fourth-order valence-electron chi connectivity index (χ4n) is 1.89. The molecule has 0 saturated heterocycles. The van der Waals surface area contributed by atoms with Gasteiger partial charge >= 0.3 is 0 Å². The molecular weight excluding hydrogens is 220 g/mol. The number of fused-ring (bicyclic) bond motifs is 1. The van der Waals surface area contributed by atoms with E-state index in [4.69, 9.17) is 17.3 Å². The number of aromatic amines is 1. The van der Waals surface area contributed by atoms with Gasteiger partial charge in [-0.15, -0.1) is 0 Å². The predicted octanol–water partition coefficient (Wildman–Crippen LogP) is 3.35. The zero-order chi connectivity index (χ0) is 11.8. The van der Waals surface area contributed by atoms with Crippen molar-refractivity contribution in [1.29, 1.82) is 0 Å². The number of nitrogens with two attached hydrogens (primary N) is 1. The van der Waals surface area contributed by atoms with E-state index in [9.17, 15) is 0 Å². The molecule has 2 nitrogen and oxygen atoms in total. The molecule has 3 N–H and O–H groups in total. The third-order valence-corrected chi connectivity index (χ3v) is 3.19. The van der Waals surface area contributed by atoms with Crippen molar-refractivity contribution in [1.82, 2.24) is 4.98 Å². The summed E-state index contributed by atoms with van der Waals surface area (Å²) in [5.74, 6) is 0. The van der Waals surface area contributed by atoms with Crippen LogP contribution in [0, 0.1) is 5.41 Å². The van der Waals surface area contributed by atoms with E-state index >= 15 is 0 Å². The average molecular weight is 237 g/mol. The number of aromatic nitrogens is 1. The van der Waals surface area contributed by atoms with Crippen LogP contribution in [-0.4, -0.2) is 11.5 Å². The highest BCUT2D eigenvalue weighted by molar-refractivity contribution is 6.31. The van der Waals surface area contributed by atoms with E-state index in [1.807, 2.05) is 12.1 Å². The molecule has 2 aromatic rings. The molecule has 0 spiro atoms. The molecule has 3 heteroatoms. The van der Waals surface area contributed by atoms with Crippen LogP contribution in [0.1, 0.15) is 19.4 Å². The Kier molecular flexibility index (Phi) is 2.96. The van der Waals surface area contributed by atoms with Gasteiger partial charge in [-0.3, -0.25) is 0 Å². The molecule has 1 heterocycles. The van der Waals surface area contributed by atoms with Gasteiger partial charge in [-0.25, -0.2) is 0 Å². The normalized spacial score (nSPS) is 12.2. The molecule has 1 aromatic carbocycles. The molecule has 0 radical (unpaired) electrons. The summed E-state index contributed by atoms with van der Waals surface area (Å²) in [6.07, 6.45) is 3.03. The van der Waals surface area contributed by atoms with Gasteiger partial charge in [0.05, 0.1) is 0 Å². The second-order valence-corrected chi connectivity index (χ2v) is 5.49. The Bertz CT molecular complexity index is 500. The van der Waals surface area contributed by atoms with E-state index in [1.165, 1.54) is 10.9 Å². The highest BCUT2D eigenvalue weighted by Crippen LogP contribution is 2.27. The lowest BCUT2D eigenvalue weighted by Gasteiger charge is -2.21. The van der Waals surface area contributed by atoms with Crippen molar-refractivity contribution >= 4 is 22.5 Å². The number of halogens is 1. The summed E-state index contributed by atoms with van der Waals surface area (Å²) in [6, 6.07) is 5.95. The fraction of sp³-hybridized carbons (Fsp3) is 0.385. The molecule has 2 rings (SSSR count). The fourth-order valence-corrected chi connectivity index (χ4v) is 2.06. The lowest BCUT2D eigenvalue weighted by atomic mass is 9.86. The number of H-pyrrole nitrogens is 1. The molecule has 0 saturated carbocycles. The standard InChI is InChI=1S/C13H17ClN2/c1-13(2,8-15)6-9-7-16-12-5-10(14)3-4-11(9)12/h3-5,7,16H,6,8,15H2,1-2H3. The molecule has 0 unspecified atom stereocenters. The Morgan fingerprint density at radius 2 is 2.12 bits per heavy atom. The van der Waals surface area contributed by atoms with Crippen molar-refractivity contribution in [3.8, 4) is 0 Å². The number of nitrogens with one attached hydrogen (secondary N) is 1. The van der Waals surface area contributed by atoms with Crippen LogP contribution < -0.4 is 5.73 Å². The molecule has 0 aliphatic rings. The summed E-state index contributed by atoms with van der Waals surface area (Å²) in [6.45, 7) is 5.05. The van der Waals surface area contributed by atoms with Crippen molar-refractivity contribution in [2.45, 2.75) is 20.3 Å². The van der Waals surface area contributed by atoms with Gasteiger partial charge in [0.25, 0.3) is 0 Å². The first-order chi connectivity index (χ1) is 7.52. The summed E-state index contributed by atoms with van der Waals surface area (Å²) >= 11 is 5.95. The number of benzene rings is 1. The maximum atomic E-state index is 5.95. The van der Waals surface area contributed by atoms with Gasteiger partial charge in [0, 0.05) is 22.1 Å². The minimum atomic E-state index is 0.134. The van der Waals surface area contributed by atoms with Gasteiger partial charge in [-0.2, -0.15) is 0 Å². The van der Waals surface area contributed by atoms with Gasteiger partial charge in [0.1, 0.15) is 0 Å². The molecule has 0 atom stereocenters.